The van der Waals surface area contributed by atoms with Crippen LogP contribution in [0.1, 0.15) is 33.2 Å². The minimum absolute atomic E-state index is 0.134. The van der Waals surface area contributed by atoms with Gasteiger partial charge in [0, 0.05) is 54.8 Å². The Balaban J connectivity index is 1.49. The number of amides is 3. The van der Waals surface area contributed by atoms with Gasteiger partial charge in [-0.2, -0.15) is 0 Å². The average Bonchev–Trinajstić information content (AvgIpc) is 2.92. The van der Waals surface area contributed by atoms with Crippen LogP contribution < -0.4 is 5.32 Å². The zero-order valence-electron chi connectivity index (χ0n) is 21.1. The molecule has 3 amide bonds. The number of benzene rings is 3. The Labute approximate surface area is 235 Å². The number of halogens is 2. The number of carbonyl (C=O) groups is 3. The summed E-state index contributed by atoms with van der Waals surface area (Å²) in [5.74, 6) is -1.04. The molecule has 0 spiro atoms. The highest BCUT2D eigenvalue weighted by Gasteiger charge is 2.34. The maximum atomic E-state index is 13.7. The van der Waals surface area contributed by atoms with Gasteiger partial charge < -0.3 is 15.1 Å². The first-order valence-electron chi connectivity index (χ1n) is 12.3. The number of nitrogens with zero attached hydrogens (tertiary/aromatic N) is 3. The minimum Gasteiger partial charge on any atom is -0.340 e. The van der Waals surface area contributed by atoms with Gasteiger partial charge in [-0.1, -0.05) is 53.5 Å². The molecule has 4 rings (SSSR count). The second kappa shape index (κ2) is 12.3. The number of non-ortho nitro benzene ring substituents is 1. The SMILES string of the molecule is C[C@H]1CN(C(=O)[C@@H](Cc2ccccc2)NC(=O)c2ccc([N+](=O)[O-])cc2)CCN1C(=O)c1ccc(Cl)cc1Cl. The summed E-state index contributed by atoms with van der Waals surface area (Å²) in [6.45, 7) is 2.69. The predicted molar refractivity (Wildman–Crippen MR) is 148 cm³/mol. The molecule has 1 aliphatic heterocycles. The molecule has 1 fully saturated rings. The molecule has 0 unspecified atom stereocenters. The lowest BCUT2D eigenvalue weighted by atomic mass is 10.0. The fourth-order valence-electron chi connectivity index (χ4n) is 4.52. The summed E-state index contributed by atoms with van der Waals surface area (Å²) in [6, 6.07) is 18.0. The molecule has 0 bridgehead atoms. The van der Waals surface area contributed by atoms with Crippen LogP contribution in [0.15, 0.2) is 72.8 Å². The van der Waals surface area contributed by atoms with Crippen LogP contribution in [0, 0.1) is 10.1 Å². The van der Waals surface area contributed by atoms with E-state index in [4.69, 9.17) is 23.2 Å². The number of nitro benzene ring substituents is 1. The van der Waals surface area contributed by atoms with E-state index in [0.717, 1.165) is 5.56 Å². The molecule has 0 aliphatic carbocycles. The Bertz CT molecular complexity index is 1380. The minimum atomic E-state index is -0.879. The lowest BCUT2D eigenvalue weighted by Gasteiger charge is -2.41. The van der Waals surface area contributed by atoms with Crippen LogP contribution in [0.3, 0.4) is 0 Å². The van der Waals surface area contributed by atoms with Crippen molar-refractivity contribution in [1.29, 1.82) is 0 Å². The molecule has 1 aliphatic rings. The van der Waals surface area contributed by atoms with E-state index >= 15 is 0 Å². The van der Waals surface area contributed by atoms with Crippen LogP contribution >= 0.6 is 23.2 Å². The number of carbonyl (C=O) groups excluding carboxylic acids is 3. The highest BCUT2D eigenvalue weighted by Crippen LogP contribution is 2.24. The molecule has 202 valence electrons. The van der Waals surface area contributed by atoms with Crippen molar-refractivity contribution in [1.82, 2.24) is 15.1 Å². The van der Waals surface area contributed by atoms with E-state index in [0.29, 0.717) is 17.1 Å². The van der Waals surface area contributed by atoms with Crippen LogP contribution in [0.25, 0.3) is 0 Å². The van der Waals surface area contributed by atoms with Crippen molar-refractivity contribution in [2.24, 2.45) is 0 Å². The fraction of sp³-hybridized carbons (Fsp3) is 0.250. The molecule has 11 heteroatoms. The molecule has 39 heavy (non-hydrogen) atoms. The average molecular weight is 569 g/mol. The Hall–Kier alpha value is -3.95. The zero-order valence-corrected chi connectivity index (χ0v) is 22.6. The molecule has 3 aromatic carbocycles. The van der Waals surface area contributed by atoms with Gasteiger partial charge in [0.15, 0.2) is 0 Å². The van der Waals surface area contributed by atoms with E-state index in [9.17, 15) is 24.5 Å². The zero-order chi connectivity index (χ0) is 28.1. The van der Waals surface area contributed by atoms with Gasteiger partial charge in [-0.3, -0.25) is 24.5 Å². The maximum Gasteiger partial charge on any atom is 0.269 e. The van der Waals surface area contributed by atoms with Gasteiger partial charge in [-0.15, -0.1) is 0 Å². The van der Waals surface area contributed by atoms with Gasteiger partial charge >= 0.3 is 0 Å². The van der Waals surface area contributed by atoms with E-state index in [1.807, 2.05) is 37.3 Å². The maximum absolute atomic E-state index is 13.7. The number of nitro groups is 1. The third-order valence-electron chi connectivity index (χ3n) is 6.59. The van der Waals surface area contributed by atoms with Crippen molar-refractivity contribution in [3.63, 3.8) is 0 Å². The molecular formula is C28H26Cl2N4O5. The van der Waals surface area contributed by atoms with E-state index < -0.39 is 16.9 Å². The number of nitrogens with one attached hydrogen (secondary N) is 1. The van der Waals surface area contributed by atoms with Crippen molar-refractivity contribution < 1.29 is 19.3 Å². The molecule has 0 radical (unpaired) electrons. The first kappa shape index (κ1) is 28.1. The van der Waals surface area contributed by atoms with Crippen molar-refractivity contribution in [2.75, 3.05) is 19.6 Å². The van der Waals surface area contributed by atoms with Crippen LogP contribution in [0.2, 0.25) is 10.0 Å². The third-order valence-corrected chi connectivity index (χ3v) is 7.14. The summed E-state index contributed by atoms with van der Waals surface area (Å²) in [5.41, 5.74) is 1.27. The first-order valence-corrected chi connectivity index (χ1v) is 13.0. The Morgan fingerprint density at radius 2 is 1.72 bits per heavy atom. The Kier molecular flexibility index (Phi) is 8.83. The molecule has 0 saturated carbocycles. The summed E-state index contributed by atoms with van der Waals surface area (Å²) >= 11 is 12.2. The summed E-state index contributed by atoms with van der Waals surface area (Å²) < 4.78 is 0. The van der Waals surface area contributed by atoms with Crippen molar-refractivity contribution >= 4 is 46.6 Å². The van der Waals surface area contributed by atoms with Gasteiger partial charge in [0.1, 0.15) is 6.04 Å². The number of piperazine rings is 1. The molecule has 1 saturated heterocycles. The monoisotopic (exact) mass is 568 g/mol. The summed E-state index contributed by atoms with van der Waals surface area (Å²) in [7, 11) is 0. The predicted octanol–water partition coefficient (Wildman–Crippen LogP) is 4.62. The summed E-state index contributed by atoms with van der Waals surface area (Å²) in [5, 5.41) is 14.4. The van der Waals surface area contributed by atoms with E-state index in [-0.39, 0.29) is 53.6 Å². The first-order chi connectivity index (χ1) is 18.6. The van der Waals surface area contributed by atoms with Gasteiger partial charge in [0.25, 0.3) is 17.5 Å². The largest absolute Gasteiger partial charge is 0.340 e. The third kappa shape index (κ3) is 6.74. The van der Waals surface area contributed by atoms with Crippen molar-refractivity contribution in [3.8, 4) is 0 Å². The number of rotatable bonds is 7. The van der Waals surface area contributed by atoms with Crippen LogP contribution in [0.5, 0.6) is 0 Å². The molecule has 1 heterocycles. The van der Waals surface area contributed by atoms with Gasteiger partial charge in [-0.25, -0.2) is 0 Å². The number of hydrogen-bond donors (Lipinski definition) is 1. The van der Waals surface area contributed by atoms with E-state index in [1.54, 1.807) is 21.9 Å². The molecule has 9 nitrogen and oxygen atoms in total. The molecular weight excluding hydrogens is 543 g/mol. The number of hydrogen-bond acceptors (Lipinski definition) is 5. The Morgan fingerprint density at radius 1 is 1.03 bits per heavy atom. The summed E-state index contributed by atoms with van der Waals surface area (Å²) in [4.78, 5) is 53.6. The van der Waals surface area contributed by atoms with Crippen LogP contribution in [0.4, 0.5) is 5.69 Å². The highest BCUT2D eigenvalue weighted by molar-refractivity contribution is 6.36. The fourth-order valence-corrected chi connectivity index (χ4v) is 5.01. The second-order valence-corrected chi connectivity index (χ2v) is 10.1. The van der Waals surface area contributed by atoms with Crippen molar-refractivity contribution in [2.45, 2.75) is 25.4 Å². The van der Waals surface area contributed by atoms with Gasteiger partial charge in [-0.05, 0) is 42.8 Å². The lowest BCUT2D eigenvalue weighted by Crippen LogP contribution is -2.59. The quantitative estimate of drug-likeness (QED) is 0.330. The standard InChI is InChI=1S/C28H26Cl2N4O5/c1-18-17-32(13-14-33(18)27(36)23-12-9-21(29)16-24(23)30)28(37)25(15-19-5-3-2-4-6-19)31-26(35)20-7-10-22(11-8-20)34(38)39/h2-12,16,18,25H,13-15,17H2,1H3,(H,31,35)/t18-,25+/m0/s1. The smallest absolute Gasteiger partial charge is 0.269 e. The second-order valence-electron chi connectivity index (χ2n) is 9.28. The molecule has 0 aromatic heterocycles. The molecule has 3 aromatic rings. The van der Waals surface area contributed by atoms with Gasteiger partial charge in [0.2, 0.25) is 5.91 Å². The lowest BCUT2D eigenvalue weighted by molar-refractivity contribution is -0.384. The van der Waals surface area contributed by atoms with Gasteiger partial charge in [0.05, 0.1) is 15.5 Å². The van der Waals surface area contributed by atoms with Crippen molar-refractivity contribution in [3.05, 3.63) is 110 Å². The normalized spacial score (nSPS) is 15.9. The van der Waals surface area contributed by atoms with Crippen LogP contribution in [-0.4, -0.2) is 64.2 Å². The molecule has 1 N–H and O–H groups in total. The summed E-state index contributed by atoms with van der Waals surface area (Å²) in [6.07, 6.45) is 0.256. The van der Waals surface area contributed by atoms with Crippen LogP contribution in [-0.2, 0) is 11.2 Å². The van der Waals surface area contributed by atoms with E-state index in [2.05, 4.69) is 5.32 Å². The molecule has 2 atom stereocenters. The highest BCUT2D eigenvalue weighted by atomic mass is 35.5. The van der Waals surface area contributed by atoms with E-state index in [1.165, 1.54) is 30.3 Å². The Morgan fingerprint density at radius 3 is 2.33 bits per heavy atom. The topological polar surface area (TPSA) is 113 Å².